The molecular weight excluding hydrogens is 296 g/mol. The Morgan fingerprint density at radius 2 is 1.78 bits per heavy atom. The lowest BCUT2D eigenvalue weighted by Gasteiger charge is -2.35. The van der Waals surface area contributed by atoms with Crippen LogP contribution in [0.25, 0.3) is 0 Å². The maximum atomic E-state index is 12.5. The van der Waals surface area contributed by atoms with Crippen LogP contribution in [0, 0.1) is 6.92 Å². The van der Waals surface area contributed by atoms with Gasteiger partial charge in [0, 0.05) is 16.8 Å². The quantitative estimate of drug-likeness (QED) is 0.739. The van der Waals surface area contributed by atoms with Crippen molar-refractivity contribution in [3.8, 4) is 0 Å². The molecule has 0 aromatic heterocycles. The van der Waals surface area contributed by atoms with E-state index in [0.29, 0.717) is 5.69 Å². The zero-order valence-electron chi connectivity index (χ0n) is 12.3. The first-order valence-corrected chi connectivity index (χ1v) is 7.17. The Kier molecular flexibility index (Phi) is 2.53. The Labute approximate surface area is 132 Å². The highest BCUT2D eigenvalue weighted by molar-refractivity contribution is 6.15. The molecule has 2 aliphatic rings. The van der Waals surface area contributed by atoms with E-state index in [2.05, 4.69) is 5.32 Å². The summed E-state index contributed by atoms with van der Waals surface area (Å²) in [5.41, 5.74) is -2.93. The predicted molar refractivity (Wildman–Crippen MR) is 81.8 cm³/mol. The minimum atomic E-state index is -2.41. The summed E-state index contributed by atoms with van der Waals surface area (Å²) in [5, 5.41) is 24.3. The van der Waals surface area contributed by atoms with Gasteiger partial charge in [0.25, 0.3) is 5.72 Å². The van der Waals surface area contributed by atoms with Gasteiger partial charge in [0.15, 0.2) is 0 Å². The topological polar surface area (TPSA) is 89.9 Å². The summed E-state index contributed by atoms with van der Waals surface area (Å²) < 4.78 is 0. The average Bonchev–Trinajstić information content (AvgIpc) is 2.83. The Hall–Kier alpha value is -2.70. The van der Waals surface area contributed by atoms with Crippen molar-refractivity contribution in [3.63, 3.8) is 0 Å². The molecule has 1 aliphatic heterocycles. The molecule has 23 heavy (non-hydrogen) atoms. The van der Waals surface area contributed by atoms with Crippen molar-refractivity contribution in [1.29, 1.82) is 0 Å². The first-order valence-electron chi connectivity index (χ1n) is 7.17. The first kappa shape index (κ1) is 13.9. The number of anilines is 1. The number of carbonyl (C=O) groups excluding carboxylic acids is 2. The third kappa shape index (κ3) is 1.49. The molecule has 6 nitrogen and oxygen atoms in total. The lowest BCUT2D eigenvalue weighted by atomic mass is 9.98. The second-order valence-corrected chi connectivity index (χ2v) is 5.86. The van der Waals surface area contributed by atoms with E-state index in [4.69, 9.17) is 0 Å². The SMILES string of the molecule is Cc1cccc(N2C(=O)N[C@@]3(O)C(=O)c4ccccc4[C@]23O)c1. The summed E-state index contributed by atoms with van der Waals surface area (Å²) in [6, 6.07) is 12.5. The smallest absolute Gasteiger partial charge is 0.327 e. The summed E-state index contributed by atoms with van der Waals surface area (Å²) in [4.78, 5) is 26.0. The molecule has 116 valence electrons. The highest BCUT2D eigenvalue weighted by Crippen LogP contribution is 2.50. The first-order chi connectivity index (χ1) is 10.9. The van der Waals surface area contributed by atoms with E-state index in [1.165, 1.54) is 12.1 Å². The number of aryl methyl sites for hydroxylation is 1. The van der Waals surface area contributed by atoms with Crippen molar-refractivity contribution in [2.45, 2.75) is 18.4 Å². The predicted octanol–water partition coefficient (Wildman–Crippen LogP) is 1.25. The van der Waals surface area contributed by atoms with Gasteiger partial charge in [0.2, 0.25) is 11.5 Å². The van der Waals surface area contributed by atoms with Crippen LogP contribution in [0.15, 0.2) is 48.5 Å². The second kappa shape index (κ2) is 4.18. The van der Waals surface area contributed by atoms with Crippen molar-refractivity contribution in [3.05, 3.63) is 65.2 Å². The van der Waals surface area contributed by atoms with Crippen LogP contribution in [0.4, 0.5) is 10.5 Å². The molecule has 0 unspecified atom stereocenters. The Bertz CT molecular complexity index is 865. The van der Waals surface area contributed by atoms with Gasteiger partial charge in [-0.2, -0.15) is 0 Å². The van der Waals surface area contributed by atoms with E-state index in [1.807, 2.05) is 13.0 Å². The van der Waals surface area contributed by atoms with Crippen molar-refractivity contribution in [2.24, 2.45) is 0 Å². The van der Waals surface area contributed by atoms with Gasteiger partial charge in [-0.15, -0.1) is 0 Å². The monoisotopic (exact) mass is 310 g/mol. The highest BCUT2D eigenvalue weighted by atomic mass is 16.4. The standard InChI is InChI=1S/C17H14N2O4/c1-10-5-4-6-11(9-10)19-15(21)18-16(22)14(20)12-7-2-3-8-13(12)17(16,19)23/h2-9,22-23H,1H3,(H,18,21)/t16-,17-/m1/s1. The van der Waals surface area contributed by atoms with Crippen LogP contribution in [0.1, 0.15) is 21.5 Å². The molecule has 6 heteroatoms. The normalized spacial score (nSPS) is 28.6. The van der Waals surface area contributed by atoms with Crippen LogP contribution in [-0.2, 0) is 5.72 Å². The van der Waals surface area contributed by atoms with E-state index in [1.54, 1.807) is 30.3 Å². The minimum Gasteiger partial charge on any atom is -0.362 e. The van der Waals surface area contributed by atoms with Gasteiger partial charge in [0.05, 0.1) is 0 Å². The molecular formula is C17H14N2O4. The lowest BCUT2D eigenvalue weighted by molar-refractivity contribution is -0.109. The Balaban J connectivity index is 2.00. The number of urea groups is 1. The van der Waals surface area contributed by atoms with Crippen LogP contribution in [-0.4, -0.2) is 27.8 Å². The molecule has 0 radical (unpaired) electrons. The van der Waals surface area contributed by atoms with E-state index >= 15 is 0 Å². The van der Waals surface area contributed by atoms with Gasteiger partial charge in [-0.3, -0.25) is 15.0 Å². The number of hydrogen-bond acceptors (Lipinski definition) is 4. The van der Waals surface area contributed by atoms with Gasteiger partial charge in [-0.1, -0.05) is 36.4 Å². The fraction of sp³-hybridized carbons (Fsp3) is 0.176. The molecule has 1 aliphatic carbocycles. The van der Waals surface area contributed by atoms with Crippen molar-refractivity contribution >= 4 is 17.5 Å². The maximum Gasteiger partial charge on any atom is 0.327 e. The number of rotatable bonds is 1. The molecule has 0 spiro atoms. The molecule has 1 heterocycles. The number of nitrogens with one attached hydrogen (secondary N) is 1. The molecule has 1 saturated heterocycles. The number of benzene rings is 2. The second-order valence-electron chi connectivity index (χ2n) is 5.86. The van der Waals surface area contributed by atoms with E-state index in [9.17, 15) is 19.8 Å². The van der Waals surface area contributed by atoms with Gasteiger partial charge in [-0.05, 0) is 24.6 Å². The van der Waals surface area contributed by atoms with Crippen molar-refractivity contribution in [1.82, 2.24) is 5.32 Å². The molecule has 2 aromatic rings. The summed E-state index contributed by atoms with van der Waals surface area (Å²) in [6.07, 6.45) is 0. The fourth-order valence-electron chi connectivity index (χ4n) is 3.39. The third-order valence-electron chi connectivity index (χ3n) is 4.45. The van der Waals surface area contributed by atoms with Gasteiger partial charge >= 0.3 is 6.03 Å². The zero-order valence-corrected chi connectivity index (χ0v) is 12.3. The molecule has 4 rings (SSSR count). The van der Waals surface area contributed by atoms with E-state index < -0.39 is 23.3 Å². The number of ketones is 1. The number of fused-ring (bicyclic) bond motifs is 3. The van der Waals surface area contributed by atoms with E-state index in [-0.39, 0.29) is 11.1 Å². The highest BCUT2D eigenvalue weighted by Gasteiger charge is 2.72. The van der Waals surface area contributed by atoms with Crippen LogP contribution in [0.5, 0.6) is 0 Å². The van der Waals surface area contributed by atoms with Gasteiger partial charge < -0.3 is 10.2 Å². The van der Waals surface area contributed by atoms with Crippen molar-refractivity contribution < 1.29 is 19.8 Å². The molecule has 2 atom stereocenters. The number of nitrogens with zero attached hydrogens (tertiary/aromatic N) is 1. The Morgan fingerprint density at radius 3 is 2.52 bits per heavy atom. The molecule has 0 saturated carbocycles. The number of amides is 2. The molecule has 2 amide bonds. The summed E-state index contributed by atoms with van der Waals surface area (Å²) in [5.74, 6) is -0.723. The maximum absolute atomic E-state index is 12.5. The van der Waals surface area contributed by atoms with E-state index in [0.717, 1.165) is 10.5 Å². The van der Waals surface area contributed by atoms with Gasteiger partial charge in [-0.25, -0.2) is 4.79 Å². The fourth-order valence-corrected chi connectivity index (χ4v) is 3.39. The van der Waals surface area contributed by atoms with Crippen LogP contribution in [0.2, 0.25) is 0 Å². The summed E-state index contributed by atoms with van der Waals surface area (Å²) in [7, 11) is 0. The van der Waals surface area contributed by atoms with Crippen LogP contribution >= 0.6 is 0 Å². The number of hydrogen-bond donors (Lipinski definition) is 3. The molecule has 3 N–H and O–H groups in total. The van der Waals surface area contributed by atoms with Crippen molar-refractivity contribution in [2.75, 3.05) is 4.90 Å². The zero-order chi connectivity index (χ0) is 16.4. The number of Topliss-reactive ketones (excluding diaryl/α,β-unsaturated/α-hetero) is 1. The minimum absolute atomic E-state index is 0.190. The number of carbonyl (C=O) groups is 2. The third-order valence-corrected chi connectivity index (χ3v) is 4.45. The number of aliphatic hydroxyl groups is 2. The molecule has 2 aromatic carbocycles. The summed E-state index contributed by atoms with van der Waals surface area (Å²) in [6.45, 7) is 1.85. The van der Waals surface area contributed by atoms with Gasteiger partial charge in [0.1, 0.15) is 0 Å². The van der Waals surface area contributed by atoms with Crippen LogP contribution < -0.4 is 10.2 Å². The molecule has 1 fully saturated rings. The molecule has 0 bridgehead atoms. The van der Waals surface area contributed by atoms with Crippen LogP contribution in [0.3, 0.4) is 0 Å². The largest absolute Gasteiger partial charge is 0.362 e. The average molecular weight is 310 g/mol. The summed E-state index contributed by atoms with van der Waals surface area (Å²) >= 11 is 0. The Morgan fingerprint density at radius 1 is 1.04 bits per heavy atom. The lowest BCUT2D eigenvalue weighted by Crippen LogP contribution is -2.59.